The van der Waals surface area contributed by atoms with E-state index in [1.54, 1.807) is 13.0 Å². The number of benzene rings is 1. The third-order valence-corrected chi connectivity index (χ3v) is 7.42. The van der Waals surface area contributed by atoms with Gasteiger partial charge in [-0.05, 0) is 58.4 Å². The topological polar surface area (TPSA) is 161 Å². The molecule has 12 nitrogen and oxygen atoms in total. The average molecular weight is 629 g/mol. The normalized spacial score (nSPS) is 20.2. The highest BCUT2D eigenvalue weighted by Crippen LogP contribution is 2.21. The fourth-order valence-corrected chi connectivity index (χ4v) is 5.35. The summed E-state index contributed by atoms with van der Waals surface area (Å²) in [5.41, 5.74) is 0.595. The molecule has 0 bridgehead atoms. The number of nitrogens with one attached hydrogen (secondary N) is 4. The van der Waals surface area contributed by atoms with Crippen LogP contribution in [0.4, 0.5) is 4.79 Å². The molecular formula is C33H48N4O8. The van der Waals surface area contributed by atoms with E-state index in [1.165, 1.54) is 0 Å². The molecule has 2 heterocycles. The van der Waals surface area contributed by atoms with Crippen molar-refractivity contribution in [3.05, 3.63) is 47.5 Å². The molecule has 2 fully saturated rings. The molecule has 4 amide bonds. The van der Waals surface area contributed by atoms with Crippen molar-refractivity contribution in [2.75, 3.05) is 13.2 Å². The Morgan fingerprint density at radius 2 is 1.76 bits per heavy atom. The van der Waals surface area contributed by atoms with Gasteiger partial charge in [0.15, 0.2) is 0 Å². The highest BCUT2D eigenvalue weighted by atomic mass is 16.6. The minimum atomic E-state index is -1.18. The second kappa shape index (κ2) is 16.4. The zero-order chi connectivity index (χ0) is 33.1. The number of carbonyl (C=O) groups excluding carboxylic acids is 5. The molecular weight excluding hydrogens is 580 g/mol. The van der Waals surface area contributed by atoms with Gasteiger partial charge in [-0.3, -0.25) is 14.4 Å². The van der Waals surface area contributed by atoms with Crippen molar-refractivity contribution in [3.8, 4) is 0 Å². The first-order valence-corrected chi connectivity index (χ1v) is 15.6. The SMILES string of the molecule is CC(C)C[C@H](NC(=O)[C@@H](NC(=O)OCc1ccccc1)C(C)OC(C)(C)C)C(=O)N[C@H](/C=C1\CCOC1=O)C[C@@H]1CCNC1=O. The van der Waals surface area contributed by atoms with Crippen LogP contribution < -0.4 is 21.3 Å². The molecule has 0 aromatic heterocycles. The predicted molar refractivity (Wildman–Crippen MR) is 167 cm³/mol. The highest BCUT2D eigenvalue weighted by Gasteiger charge is 2.35. The summed E-state index contributed by atoms with van der Waals surface area (Å²) in [6, 6.07) is 6.35. The maximum Gasteiger partial charge on any atom is 0.408 e. The Balaban J connectivity index is 1.77. The summed E-state index contributed by atoms with van der Waals surface area (Å²) in [4.78, 5) is 64.8. The van der Waals surface area contributed by atoms with Gasteiger partial charge in [0.05, 0.1) is 18.3 Å². The largest absolute Gasteiger partial charge is 0.462 e. The molecule has 0 aliphatic carbocycles. The molecule has 0 spiro atoms. The van der Waals surface area contributed by atoms with E-state index in [4.69, 9.17) is 14.2 Å². The van der Waals surface area contributed by atoms with E-state index in [-0.39, 0.29) is 31.0 Å². The number of hydrogen-bond donors (Lipinski definition) is 4. The van der Waals surface area contributed by atoms with Crippen LogP contribution in [0.3, 0.4) is 0 Å². The number of cyclic esters (lactones) is 1. The van der Waals surface area contributed by atoms with Gasteiger partial charge in [-0.15, -0.1) is 0 Å². The summed E-state index contributed by atoms with van der Waals surface area (Å²) in [7, 11) is 0. The zero-order valence-corrected chi connectivity index (χ0v) is 27.1. The van der Waals surface area contributed by atoms with Gasteiger partial charge in [-0.2, -0.15) is 0 Å². The second-order valence-electron chi connectivity index (χ2n) is 13.0. The molecule has 2 aliphatic heterocycles. The van der Waals surface area contributed by atoms with E-state index < -0.39 is 53.7 Å². The highest BCUT2D eigenvalue weighted by molar-refractivity contribution is 5.93. The summed E-state index contributed by atoms with van der Waals surface area (Å²) < 4.78 is 16.4. The maximum atomic E-state index is 13.7. The van der Waals surface area contributed by atoms with Crippen LogP contribution in [0.2, 0.25) is 0 Å². The van der Waals surface area contributed by atoms with E-state index in [9.17, 15) is 24.0 Å². The van der Waals surface area contributed by atoms with E-state index in [1.807, 2.05) is 65.0 Å². The first-order valence-electron chi connectivity index (χ1n) is 15.6. The van der Waals surface area contributed by atoms with Gasteiger partial charge in [-0.1, -0.05) is 50.3 Å². The van der Waals surface area contributed by atoms with Crippen molar-refractivity contribution in [3.63, 3.8) is 0 Å². The van der Waals surface area contributed by atoms with Crippen LogP contribution in [0.1, 0.15) is 72.8 Å². The van der Waals surface area contributed by atoms with E-state index in [0.717, 1.165) is 5.56 Å². The standard InChI is InChI=1S/C33H48N4O8/c1-20(2)16-26(29(39)35-25(17-23-12-14-34-28(23)38)18-24-13-15-43-31(24)41)36-30(40)27(21(3)45-33(4,5)6)37-32(42)44-19-22-10-8-7-9-11-22/h7-11,18,20-21,23,25-27H,12-17,19H2,1-6H3,(H,34,38)(H,35,39)(H,36,40)(H,37,42)/b24-18+/t21?,23-,25-,26-,27-/m0/s1. The van der Waals surface area contributed by atoms with E-state index in [0.29, 0.717) is 37.8 Å². The maximum absolute atomic E-state index is 13.7. The third-order valence-electron chi connectivity index (χ3n) is 7.42. The molecule has 1 unspecified atom stereocenters. The number of ether oxygens (including phenoxy) is 3. The summed E-state index contributed by atoms with van der Waals surface area (Å²) in [5, 5.41) is 11.2. The molecule has 1 aromatic rings. The molecule has 3 rings (SSSR count). The number of carbonyl (C=O) groups is 5. The van der Waals surface area contributed by atoms with Gasteiger partial charge in [0.1, 0.15) is 18.7 Å². The molecule has 0 radical (unpaired) electrons. The Morgan fingerprint density at radius 3 is 2.33 bits per heavy atom. The van der Waals surface area contributed by atoms with Crippen LogP contribution in [0.15, 0.2) is 42.0 Å². The molecule has 12 heteroatoms. The van der Waals surface area contributed by atoms with Crippen molar-refractivity contribution >= 4 is 29.8 Å². The number of rotatable bonds is 14. The minimum Gasteiger partial charge on any atom is -0.462 e. The number of alkyl carbamates (subject to hydrolysis) is 1. The molecule has 2 saturated heterocycles. The van der Waals surface area contributed by atoms with Crippen molar-refractivity contribution in [2.45, 2.75) is 104 Å². The number of esters is 1. The van der Waals surface area contributed by atoms with Gasteiger partial charge >= 0.3 is 12.1 Å². The first-order chi connectivity index (χ1) is 21.2. The Morgan fingerprint density at radius 1 is 1.04 bits per heavy atom. The molecule has 2 aliphatic rings. The lowest BCUT2D eigenvalue weighted by Gasteiger charge is -2.32. The van der Waals surface area contributed by atoms with Gasteiger partial charge in [-0.25, -0.2) is 9.59 Å². The van der Waals surface area contributed by atoms with Gasteiger partial charge < -0.3 is 35.5 Å². The lowest BCUT2D eigenvalue weighted by molar-refractivity contribution is -0.135. The molecule has 45 heavy (non-hydrogen) atoms. The summed E-state index contributed by atoms with van der Waals surface area (Å²) in [6.07, 6.45) is 1.69. The average Bonchev–Trinajstić information content (AvgIpc) is 3.56. The van der Waals surface area contributed by atoms with Gasteiger partial charge in [0.25, 0.3) is 0 Å². The fourth-order valence-electron chi connectivity index (χ4n) is 5.35. The molecule has 248 valence electrons. The molecule has 5 atom stereocenters. The van der Waals surface area contributed by atoms with Gasteiger partial charge in [0.2, 0.25) is 17.7 Å². The monoisotopic (exact) mass is 628 g/mol. The van der Waals surface area contributed by atoms with Crippen molar-refractivity contribution in [2.24, 2.45) is 11.8 Å². The van der Waals surface area contributed by atoms with Crippen LogP contribution in [-0.2, 0) is 40.0 Å². The van der Waals surface area contributed by atoms with Gasteiger partial charge in [0, 0.05) is 30.5 Å². The fraction of sp³-hybridized carbons (Fsp3) is 0.606. The van der Waals surface area contributed by atoms with Crippen LogP contribution in [0.25, 0.3) is 0 Å². The van der Waals surface area contributed by atoms with E-state index in [2.05, 4.69) is 21.3 Å². The predicted octanol–water partition coefficient (Wildman–Crippen LogP) is 2.90. The minimum absolute atomic E-state index is 0.0113. The molecule has 0 saturated carbocycles. The second-order valence-corrected chi connectivity index (χ2v) is 13.0. The van der Waals surface area contributed by atoms with Crippen LogP contribution >= 0.6 is 0 Å². The Kier molecular flexibility index (Phi) is 13.0. The van der Waals surface area contributed by atoms with Crippen LogP contribution in [-0.4, -0.2) is 72.8 Å². The number of amides is 4. The van der Waals surface area contributed by atoms with Crippen molar-refractivity contribution < 1.29 is 38.2 Å². The van der Waals surface area contributed by atoms with Crippen LogP contribution in [0, 0.1) is 11.8 Å². The lowest BCUT2D eigenvalue weighted by atomic mass is 9.95. The van der Waals surface area contributed by atoms with Crippen LogP contribution in [0.5, 0.6) is 0 Å². The Hall–Kier alpha value is -3.93. The van der Waals surface area contributed by atoms with E-state index >= 15 is 0 Å². The summed E-state index contributed by atoms with van der Waals surface area (Å²) in [6.45, 7) is 11.8. The summed E-state index contributed by atoms with van der Waals surface area (Å²) in [5.74, 6) is -1.94. The first kappa shape index (κ1) is 35.5. The number of hydrogen-bond acceptors (Lipinski definition) is 8. The Bertz CT molecular complexity index is 1230. The zero-order valence-electron chi connectivity index (χ0n) is 27.1. The van der Waals surface area contributed by atoms with Crippen molar-refractivity contribution in [1.82, 2.24) is 21.3 Å². The quantitative estimate of drug-likeness (QED) is 0.181. The van der Waals surface area contributed by atoms with Crippen molar-refractivity contribution in [1.29, 1.82) is 0 Å². The third kappa shape index (κ3) is 11.8. The molecule has 1 aromatic carbocycles. The summed E-state index contributed by atoms with van der Waals surface area (Å²) >= 11 is 0. The molecule has 4 N–H and O–H groups in total. The lowest BCUT2D eigenvalue weighted by Crippen LogP contribution is -2.59. The smallest absolute Gasteiger partial charge is 0.408 e. The Labute approximate surface area is 265 Å².